The van der Waals surface area contributed by atoms with Crippen LogP contribution >= 0.6 is 0 Å². The van der Waals surface area contributed by atoms with Crippen molar-refractivity contribution in [2.24, 2.45) is 5.92 Å². The highest BCUT2D eigenvalue weighted by Gasteiger charge is 2.24. The van der Waals surface area contributed by atoms with Gasteiger partial charge in [-0.15, -0.1) is 0 Å². The van der Waals surface area contributed by atoms with Gasteiger partial charge >= 0.3 is 0 Å². The predicted molar refractivity (Wildman–Crippen MR) is 123 cm³/mol. The van der Waals surface area contributed by atoms with Crippen LogP contribution in [0.4, 0.5) is 5.69 Å². The van der Waals surface area contributed by atoms with Crippen LogP contribution in [0, 0.1) is 5.92 Å². The van der Waals surface area contributed by atoms with Crippen molar-refractivity contribution in [1.29, 1.82) is 0 Å². The van der Waals surface area contributed by atoms with E-state index in [1.165, 1.54) is 5.56 Å². The van der Waals surface area contributed by atoms with Crippen molar-refractivity contribution in [2.45, 2.75) is 38.2 Å². The summed E-state index contributed by atoms with van der Waals surface area (Å²) in [5.74, 6) is 2.32. The SMILES string of the molecule is COc1cncc(CC2CCC(Oc3cc(N4CCOCC4)cc4nccnc34)CC2)c1. The smallest absolute Gasteiger partial charge is 0.149 e. The Labute approximate surface area is 188 Å². The van der Waals surface area contributed by atoms with Gasteiger partial charge in [-0.25, -0.2) is 4.98 Å². The molecule has 1 aromatic carbocycles. The van der Waals surface area contributed by atoms with E-state index < -0.39 is 0 Å². The lowest BCUT2D eigenvalue weighted by molar-refractivity contribution is 0.122. The molecule has 0 spiro atoms. The summed E-state index contributed by atoms with van der Waals surface area (Å²) in [6.45, 7) is 3.27. The number of nitrogens with zero attached hydrogens (tertiary/aromatic N) is 4. The molecule has 5 rings (SSSR count). The van der Waals surface area contributed by atoms with Crippen LogP contribution < -0.4 is 14.4 Å². The minimum absolute atomic E-state index is 0.208. The number of fused-ring (bicyclic) bond motifs is 1. The molecule has 1 aliphatic carbocycles. The molecule has 1 saturated heterocycles. The van der Waals surface area contributed by atoms with Gasteiger partial charge in [-0.2, -0.15) is 0 Å². The molecule has 7 nitrogen and oxygen atoms in total. The molecule has 0 atom stereocenters. The van der Waals surface area contributed by atoms with Gasteiger partial charge in [0.2, 0.25) is 0 Å². The standard InChI is InChI=1S/C25H30N4O3/c1-30-22-13-19(16-26-17-22)12-18-2-4-21(5-3-18)32-24-15-20(29-8-10-31-11-9-29)14-23-25(24)28-7-6-27-23/h6-7,13-18,21H,2-5,8-12H2,1H3. The van der Waals surface area contributed by atoms with E-state index in [-0.39, 0.29) is 6.10 Å². The van der Waals surface area contributed by atoms with E-state index in [0.29, 0.717) is 5.92 Å². The molecule has 0 radical (unpaired) electrons. The van der Waals surface area contributed by atoms with Crippen molar-refractivity contribution in [3.05, 3.63) is 48.5 Å². The number of hydrogen-bond donors (Lipinski definition) is 0. The number of ether oxygens (including phenoxy) is 3. The number of pyridine rings is 1. The number of methoxy groups -OCH3 is 1. The highest BCUT2D eigenvalue weighted by molar-refractivity contribution is 5.85. The lowest BCUT2D eigenvalue weighted by Crippen LogP contribution is -2.36. The molecule has 168 valence electrons. The summed E-state index contributed by atoms with van der Waals surface area (Å²) in [6.07, 6.45) is 12.8. The molecule has 32 heavy (non-hydrogen) atoms. The monoisotopic (exact) mass is 434 g/mol. The van der Waals surface area contributed by atoms with E-state index in [1.807, 2.05) is 6.20 Å². The van der Waals surface area contributed by atoms with E-state index in [4.69, 9.17) is 14.2 Å². The second-order valence-corrected chi connectivity index (χ2v) is 8.67. The first-order valence-electron chi connectivity index (χ1n) is 11.5. The zero-order valence-electron chi connectivity index (χ0n) is 18.6. The Morgan fingerprint density at radius 2 is 1.81 bits per heavy atom. The molecule has 0 bridgehead atoms. The van der Waals surface area contributed by atoms with Crippen molar-refractivity contribution in [1.82, 2.24) is 15.0 Å². The Bertz CT molecular complexity index is 1050. The first-order chi connectivity index (χ1) is 15.8. The molecular formula is C25H30N4O3. The summed E-state index contributed by atoms with van der Waals surface area (Å²) in [6, 6.07) is 6.34. The molecular weight excluding hydrogens is 404 g/mol. The molecule has 7 heteroatoms. The third-order valence-corrected chi connectivity index (χ3v) is 6.52. The van der Waals surface area contributed by atoms with E-state index in [1.54, 1.807) is 25.7 Å². The maximum atomic E-state index is 6.54. The van der Waals surface area contributed by atoms with Crippen LogP contribution in [0.5, 0.6) is 11.5 Å². The molecule has 0 amide bonds. The minimum Gasteiger partial charge on any atom is -0.495 e. The molecule has 1 saturated carbocycles. The minimum atomic E-state index is 0.208. The second-order valence-electron chi connectivity index (χ2n) is 8.67. The van der Waals surface area contributed by atoms with Gasteiger partial charge in [-0.1, -0.05) is 0 Å². The zero-order chi connectivity index (χ0) is 21.8. The number of hydrogen-bond acceptors (Lipinski definition) is 7. The van der Waals surface area contributed by atoms with Crippen molar-refractivity contribution in [3.8, 4) is 11.5 Å². The fourth-order valence-corrected chi connectivity index (χ4v) is 4.78. The van der Waals surface area contributed by atoms with Crippen LogP contribution in [-0.4, -0.2) is 54.5 Å². The van der Waals surface area contributed by atoms with Crippen molar-refractivity contribution >= 4 is 16.7 Å². The fourth-order valence-electron chi connectivity index (χ4n) is 4.78. The van der Waals surface area contributed by atoms with Gasteiger partial charge < -0.3 is 19.1 Å². The van der Waals surface area contributed by atoms with E-state index in [9.17, 15) is 0 Å². The lowest BCUT2D eigenvalue weighted by atomic mass is 9.83. The summed E-state index contributed by atoms with van der Waals surface area (Å²) in [5.41, 5.74) is 4.10. The Kier molecular flexibility index (Phi) is 6.34. The van der Waals surface area contributed by atoms with Gasteiger partial charge in [0.1, 0.15) is 17.0 Å². The summed E-state index contributed by atoms with van der Waals surface area (Å²) < 4.78 is 17.4. The van der Waals surface area contributed by atoms with E-state index in [0.717, 1.165) is 86.6 Å². The Balaban J connectivity index is 1.26. The van der Waals surface area contributed by atoms with Crippen LogP contribution in [0.3, 0.4) is 0 Å². The number of morpholine rings is 1. The van der Waals surface area contributed by atoms with Gasteiger partial charge in [0.05, 0.1) is 38.1 Å². The average molecular weight is 435 g/mol. The van der Waals surface area contributed by atoms with Crippen LogP contribution in [-0.2, 0) is 11.2 Å². The highest BCUT2D eigenvalue weighted by Crippen LogP contribution is 2.34. The van der Waals surface area contributed by atoms with Crippen molar-refractivity contribution in [2.75, 3.05) is 38.3 Å². The van der Waals surface area contributed by atoms with Gasteiger partial charge in [0.25, 0.3) is 0 Å². The molecule has 1 aliphatic heterocycles. The maximum Gasteiger partial charge on any atom is 0.149 e. The number of rotatable bonds is 6. The lowest BCUT2D eigenvalue weighted by Gasteiger charge is -2.31. The maximum absolute atomic E-state index is 6.54. The summed E-state index contributed by atoms with van der Waals surface area (Å²) in [5, 5.41) is 0. The van der Waals surface area contributed by atoms with Crippen LogP contribution in [0.2, 0.25) is 0 Å². The summed E-state index contributed by atoms with van der Waals surface area (Å²) in [4.78, 5) is 15.7. The van der Waals surface area contributed by atoms with Gasteiger partial charge in [-0.05, 0) is 55.7 Å². The van der Waals surface area contributed by atoms with Gasteiger partial charge in [-0.3, -0.25) is 9.97 Å². The first-order valence-corrected chi connectivity index (χ1v) is 11.5. The molecule has 3 aromatic rings. The van der Waals surface area contributed by atoms with E-state index >= 15 is 0 Å². The fraction of sp³-hybridized carbons (Fsp3) is 0.480. The topological polar surface area (TPSA) is 69.6 Å². The van der Waals surface area contributed by atoms with Gasteiger partial charge in [0, 0.05) is 43.4 Å². The third kappa shape index (κ3) is 4.78. The van der Waals surface area contributed by atoms with Crippen LogP contribution in [0.25, 0.3) is 11.0 Å². The number of aromatic nitrogens is 3. The quantitative estimate of drug-likeness (QED) is 0.580. The largest absolute Gasteiger partial charge is 0.495 e. The van der Waals surface area contributed by atoms with E-state index in [2.05, 4.69) is 38.1 Å². The summed E-state index contributed by atoms with van der Waals surface area (Å²) in [7, 11) is 1.69. The second kappa shape index (κ2) is 9.69. The Morgan fingerprint density at radius 3 is 2.62 bits per heavy atom. The number of anilines is 1. The van der Waals surface area contributed by atoms with Crippen LogP contribution in [0.15, 0.2) is 43.0 Å². The molecule has 0 N–H and O–H groups in total. The normalized spacial score (nSPS) is 21.5. The van der Waals surface area contributed by atoms with Gasteiger partial charge in [0.15, 0.2) is 0 Å². The summed E-state index contributed by atoms with van der Waals surface area (Å²) >= 11 is 0. The molecule has 2 fully saturated rings. The number of benzene rings is 1. The highest BCUT2D eigenvalue weighted by atomic mass is 16.5. The first kappa shape index (κ1) is 20.9. The Morgan fingerprint density at radius 1 is 1.00 bits per heavy atom. The third-order valence-electron chi connectivity index (χ3n) is 6.52. The average Bonchev–Trinajstić information content (AvgIpc) is 2.86. The molecule has 2 aromatic heterocycles. The van der Waals surface area contributed by atoms with Crippen molar-refractivity contribution in [3.63, 3.8) is 0 Å². The Hall–Kier alpha value is -2.93. The predicted octanol–water partition coefficient (Wildman–Crippen LogP) is 4.05. The van der Waals surface area contributed by atoms with Crippen molar-refractivity contribution < 1.29 is 14.2 Å². The van der Waals surface area contributed by atoms with Crippen LogP contribution in [0.1, 0.15) is 31.2 Å². The zero-order valence-corrected chi connectivity index (χ0v) is 18.6. The molecule has 0 unspecified atom stereocenters. The molecule has 2 aliphatic rings. The molecule has 3 heterocycles.